The Bertz CT molecular complexity index is 270. The second-order valence-corrected chi connectivity index (χ2v) is 5.58. The van der Waals surface area contributed by atoms with Crippen LogP contribution >= 0.6 is 0 Å². The summed E-state index contributed by atoms with van der Waals surface area (Å²) in [5, 5.41) is 9.27. The van der Waals surface area contributed by atoms with Crippen LogP contribution in [0.3, 0.4) is 0 Å². The summed E-state index contributed by atoms with van der Waals surface area (Å²) in [6, 6.07) is 0. The van der Waals surface area contributed by atoms with Crippen LogP contribution in [0.25, 0.3) is 0 Å². The highest BCUT2D eigenvalue weighted by Gasteiger charge is 2.49. The highest BCUT2D eigenvalue weighted by Crippen LogP contribution is 2.39. The number of aliphatic carboxylic acids is 1. The Labute approximate surface area is 96.8 Å². The average Bonchev–Trinajstić information content (AvgIpc) is 3.04. The van der Waals surface area contributed by atoms with Crippen molar-refractivity contribution in [2.24, 2.45) is 17.6 Å². The van der Waals surface area contributed by atoms with E-state index in [-0.39, 0.29) is 5.92 Å². The van der Waals surface area contributed by atoms with Gasteiger partial charge in [-0.1, -0.05) is 6.92 Å². The van der Waals surface area contributed by atoms with E-state index in [9.17, 15) is 9.90 Å². The summed E-state index contributed by atoms with van der Waals surface area (Å²) in [6.07, 6.45) is 4.29. The van der Waals surface area contributed by atoms with Crippen LogP contribution in [0.1, 0.15) is 32.6 Å². The third-order valence-corrected chi connectivity index (χ3v) is 4.07. The summed E-state index contributed by atoms with van der Waals surface area (Å²) in [5.41, 5.74) is 5.07. The zero-order valence-electron chi connectivity index (χ0n) is 9.98. The molecule has 0 spiro atoms. The molecule has 0 aromatic heterocycles. The zero-order valence-corrected chi connectivity index (χ0v) is 9.98. The van der Waals surface area contributed by atoms with Crippen LogP contribution in [0.2, 0.25) is 0 Å². The molecule has 4 heteroatoms. The van der Waals surface area contributed by atoms with Crippen molar-refractivity contribution in [3.63, 3.8) is 0 Å². The first-order valence-corrected chi connectivity index (χ1v) is 6.27. The van der Waals surface area contributed by atoms with Crippen molar-refractivity contribution in [3.8, 4) is 0 Å². The van der Waals surface area contributed by atoms with Gasteiger partial charge in [0.2, 0.25) is 0 Å². The van der Waals surface area contributed by atoms with Gasteiger partial charge in [0.1, 0.15) is 5.54 Å². The lowest BCUT2D eigenvalue weighted by atomic mass is 9.91. The standard InChI is InChI=1S/C12H22N2O2/c1-9-4-6-14(7-5-9)8-12(13,11(15)16)10-2-3-10/h9-10H,2-8,13H2,1H3,(H,15,16). The van der Waals surface area contributed by atoms with Crippen molar-refractivity contribution in [1.82, 2.24) is 4.90 Å². The van der Waals surface area contributed by atoms with Crippen LogP contribution in [-0.4, -0.2) is 41.1 Å². The number of carboxylic acids is 1. The van der Waals surface area contributed by atoms with Gasteiger partial charge in [0.05, 0.1) is 0 Å². The summed E-state index contributed by atoms with van der Waals surface area (Å²) in [4.78, 5) is 13.5. The van der Waals surface area contributed by atoms with E-state index in [1.54, 1.807) is 0 Å². The molecule has 0 radical (unpaired) electrons. The molecule has 0 aromatic carbocycles. The summed E-state index contributed by atoms with van der Waals surface area (Å²) in [7, 11) is 0. The molecule has 0 amide bonds. The van der Waals surface area contributed by atoms with Gasteiger partial charge in [-0.25, -0.2) is 0 Å². The quantitative estimate of drug-likeness (QED) is 0.747. The summed E-state index contributed by atoms with van der Waals surface area (Å²) < 4.78 is 0. The molecule has 4 nitrogen and oxygen atoms in total. The maximum absolute atomic E-state index is 11.3. The summed E-state index contributed by atoms with van der Waals surface area (Å²) in [6.45, 7) is 4.78. The Hall–Kier alpha value is -0.610. The van der Waals surface area contributed by atoms with Crippen LogP contribution in [0.5, 0.6) is 0 Å². The number of hydrogen-bond acceptors (Lipinski definition) is 3. The molecule has 3 N–H and O–H groups in total. The topological polar surface area (TPSA) is 66.6 Å². The molecular weight excluding hydrogens is 204 g/mol. The van der Waals surface area contributed by atoms with Crippen molar-refractivity contribution >= 4 is 5.97 Å². The third kappa shape index (κ3) is 2.38. The zero-order chi connectivity index (χ0) is 11.8. The molecule has 0 bridgehead atoms. The maximum atomic E-state index is 11.3. The number of likely N-dealkylation sites (tertiary alicyclic amines) is 1. The van der Waals surface area contributed by atoms with Crippen LogP contribution in [0.4, 0.5) is 0 Å². The third-order valence-electron chi connectivity index (χ3n) is 4.07. The van der Waals surface area contributed by atoms with Gasteiger partial charge in [-0.15, -0.1) is 0 Å². The molecule has 16 heavy (non-hydrogen) atoms. The van der Waals surface area contributed by atoms with E-state index >= 15 is 0 Å². The number of carbonyl (C=O) groups is 1. The fourth-order valence-corrected chi connectivity index (χ4v) is 2.56. The number of rotatable bonds is 4. The van der Waals surface area contributed by atoms with E-state index in [1.807, 2.05) is 0 Å². The van der Waals surface area contributed by atoms with Crippen molar-refractivity contribution < 1.29 is 9.90 Å². The molecule has 1 aliphatic carbocycles. The SMILES string of the molecule is CC1CCN(CC(N)(C(=O)O)C2CC2)CC1. The Morgan fingerprint density at radius 1 is 1.38 bits per heavy atom. The predicted molar refractivity (Wildman–Crippen MR) is 62.1 cm³/mol. The van der Waals surface area contributed by atoms with E-state index in [2.05, 4.69) is 11.8 Å². The molecule has 92 valence electrons. The second-order valence-electron chi connectivity index (χ2n) is 5.58. The highest BCUT2D eigenvalue weighted by molar-refractivity contribution is 5.79. The summed E-state index contributed by atoms with van der Waals surface area (Å²) in [5.74, 6) is 0.146. The number of piperidine rings is 1. The highest BCUT2D eigenvalue weighted by atomic mass is 16.4. The molecule has 2 aliphatic rings. The Kier molecular flexibility index (Phi) is 3.22. The number of nitrogens with two attached hydrogens (primary N) is 1. The van der Waals surface area contributed by atoms with Gasteiger partial charge in [-0.2, -0.15) is 0 Å². The molecule has 1 unspecified atom stereocenters. The van der Waals surface area contributed by atoms with Crippen LogP contribution in [0.15, 0.2) is 0 Å². The molecule has 1 saturated carbocycles. The molecule has 0 aromatic rings. The smallest absolute Gasteiger partial charge is 0.325 e. The van der Waals surface area contributed by atoms with Gasteiger partial charge in [-0.05, 0) is 50.6 Å². The van der Waals surface area contributed by atoms with Crippen molar-refractivity contribution in [1.29, 1.82) is 0 Å². The molecule has 2 rings (SSSR count). The van der Waals surface area contributed by atoms with Crippen LogP contribution < -0.4 is 5.73 Å². The molecule has 1 aliphatic heterocycles. The molecule has 2 fully saturated rings. The molecule has 1 atom stereocenters. The van der Waals surface area contributed by atoms with E-state index in [0.29, 0.717) is 6.54 Å². The number of carboxylic acid groups (broad SMARTS) is 1. The van der Waals surface area contributed by atoms with Gasteiger partial charge in [0.25, 0.3) is 0 Å². The predicted octanol–water partition coefficient (Wildman–Crippen LogP) is 0.910. The van der Waals surface area contributed by atoms with Crippen LogP contribution in [-0.2, 0) is 4.79 Å². The first-order chi connectivity index (χ1) is 7.52. The van der Waals surface area contributed by atoms with Gasteiger partial charge in [-0.3, -0.25) is 4.79 Å². The van der Waals surface area contributed by atoms with Gasteiger partial charge < -0.3 is 15.7 Å². The number of hydrogen-bond donors (Lipinski definition) is 2. The molecule has 1 heterocycles. The average molecular weight is 226 g/mol. The van der Waals surface area contributed by atoms with E-state index < -0.39 is 11.5 Å². The summed E-state index contributed by atoms with van der Waals surface area (Å²) >= 11 is 0. The Balaban J connectivity index is 1.93. The monoisotopic (exact) mass is 226 g/mol. The first-order valence-electron chi connectivity index (χ1n) is 6.27. The lowest BCUT2D eigenvalue weighted by Gasteiger charge is -2.36. The minimum atomic E-state index is -0.999. The molecule has 1 saturated heterocycles. The fourth-order valence-electron chi connectivity index (χ4n) is 2.56. The van der Waals surface area contributed by atoms with Crippen LogP contribution in [0, 0.1) is 11.8 Å². The molecular formula is C12H22N2O2. The van der Waals surface area contributed by atoms with Crippen molar-refractivity contribution in [3.05, 3.63) is 0 Å². The Morgan fingerprint density at radius 2 is 1.94 bits per heavy atom. The maximum Gasteiger partial charge on any atom is 0.325 e. The van der Waals surface area contributed by atoms with E-state index in [1.165, 1.54) is 12.8 Å². The van der Waals surface area contributed by atoms with Crippen molar-refractivity contribution in [2.75, 3.05) is 19.6 Å². The number of nitrogens with zero attached hydrogens (tertiary/aromatic N) is 1. The lowest BCUT2D eigenvalue weighted by Crippen LogP contribution is -2.58. The van der Waals surface area contributed by atoms with Gasteiger partial charge >= 0.3 is 5.97 Å². The second kappa shape index (κ2) is 4.34. The van der Waals surface area contributed by atoms with Gasteiger partial charge in [0, 0.05) is 6.54 Å². The van der Waals surface area contributed by atoms with Gasteiger partial charge in [0.15, 0.2) is 0 Å². The van der Waals surface area contributed by atoms with E-state index in [0.717, 1.165) is 31.8 Å². The first kappa shape index (κ1) is 11.9. The Morgan fingerprint density at radius 3 is 2.38 bits per heavy atom. The largest absolute Gasteiger partial charge is 0.480 e. The van der Waals surface area contributed by atoms with E-state index in [4.69, 9.17) is 5.73 Å². The van der Waals surface area contributed by atoms with Crippen molar-refractivity contribution in [2.45, 2.75) is 38.1 Å². The minimum absolute atomic E-state index is 0.198. The lowest BCUT2D eigenvalue weighted by molar-refractivity contribution is -0.145. The fraction of sp³-hybridized carbons (Fsp3) is 0.917. The normalized spacial score (nSPS) is 27.6. The minimum Gasteiger partial charge on any atom is -0.480 e.